The van der Waals surface area contributed by atoms with Crippen molar-refractivity contribution in [2.45, 2.75) is 44.6 Å². The monoisotopic (exact) mass is 383 g/mol. The standard InChI is InChI=1S/C22H22ClNO3/c23-15-6-4-5-14(11-15)22-19(13-21(25)26)18-12-17(9-10-20(18)24-22)27-16-7-2-1-3-8-16/h4-6,9-12,16,24H,1-3,7-8,13H2,(H,25,26). The van der Waals surface area contributed by atoms with Crippen LogP contribution in [-0.4, -0.2) is 22.2 Å². The van der Waals surface area contributed by atoms with Gasteiger partial charge in [0.15, 0.2) is 0 Å². The number of aromatic nitrogens is 1. The number of rotatable bonds is 5. The summed E-state index contributed by atoms with van der Waals surface area (Å²) in [6, 6.07) is 13.3. The average Bonchev–Trinajstić information content (AvgIpc) is 3.00. The van der Waals surface area contributed by atoms with Crippen LogP contribution in [0.2, 0.25) is 5.02 Å². The highest BCUT2D eigenvalue weighted by molar-refractivity contribution is 6.30. The van der Waals surface area contributed by atoms with Crippen molar-refractivity contribution < 1.29 is 14.6 Å². The number of hydrogen-bond acceptors (Lipinski definition) is 2. The molecule has 2 N–H and O–H groups in total. The molecule has 4 rings (SSSR count). The summed E-state index contributed by atoms with van der Waals surface area (Å²) < 4.78 is 6.18. The number of benzene rings is 2. The molecule has 0 unspecified atom stereocenters. The van der Waals surface area contributed by atoms with Gasteiger partial charge in [-0.1, -0.05) is 30.2 Å². The van der Waals surface area contributed by atoms with Gasteiger partial charge in [-0.15, -0.1) is 0 Å². The van der Waals surface area contributed by atoms with Crippen molar-refractivity contribution in [1.82, 2.24) is 4.98 Å². The summed E-state index contributed by atoms with van der Waals surface area (Å²) in [5, 5.41) is 10.9. The van der Waals surface area contributed by atoms with Crippen LogP contribution in [0, 0.1) is 0 Å². The molecule has 140 valence electrons. The van der Waals surface area contributed by atoms with Crippen LogP contribution in [0.4, 0.5) is 0 Å². The second-order valence-corrected chi connectivity index (χ2v) is 7.58. The molecule has 0 atom stereocenters. The number of ether oxygens (including phenoxy) is 1. The van der Waals surface area contributed by atoms with Crippen molar-refractivity contribution >= 4 is 28.5 Å². The highest BCUT2D eigenvalue weighted by atomic mass is 35.5. The Hall–Kier alpha value is -2.46. The molecule has 0 saturated heterocycles. The van der Waals surface area contributed by atoms with E-state index in [9.17, 15) is 9.90 Å². The minimum Gasteiger partial charge on any atom is -0.490 e. The van der Waals surface area contributed by atoms with Gasteiger partial charge in [-0.05, 0) is 67.1 Å². The van der Waals surface area contributed by atoms with Crippen molar-refractivity contribution in [3.63, 3.8) is 0 Å². The summed E-state index contributed by atoms with van der Waals surface area (Å²) in [4.78, 5) is 14.9. The van der Waals surface area contributed by atoms with Gasteiger partial charge >= 0.3 is 5.97 Å². The number of aliphatic carboxylic acids is 1. The minimum absolute atomic E-state index is 0.0608. The Morgan fingerprint density at radius 1 is 1.15 bits per heavy atom. The molecule has 0 spiro atoms. The highest BCUT2D eigenvalue weighted by Crippen LogP contribution is 2.34. The van der Waals surface area contributed by atoms with Gasteiger partial charge in [-0.3, -0.25) is 4.79 Å². The first-order valence-electron chi connectivity index (χ1n) is 9.39. The van der Waals surface area contributed by atoms with Crippen LogP contribution in [0.5, 0.6) is 5.75 Å². The van der Waals surface area contributed by atoms with Crippen LogP contribution >= 0.6 is 11.6 Å². The smallest absolute Gasteiger partial charge is 0.307 e. The molecule has 1 aliphatic carbocycles. The van der Waals surface area contributed by atoms with Crippen LogP contribution in [0.3, 0.4) is 0 Å². The fourth-order valence-electron chi connectivity index (χ4n) is 3.90. The maximum atomic E-state index is 11.5. The lowest BCUT2D eigenvalue weighted by molar-refractivity contribution is -0.136. The molecule has 2 aromatic carbocycles. The lowest BCUT2D eigenvalue weighted by Gasteiger charge is -2.23. The van der Waals surface area contributed by atoms with Crippen molar-refractivity contribution in [2.75, 3.05) is 0 Å². The van der Waals surface area contributed by atoms with E-state index in [2.05, 4.69) is 4.98 Å². The number of carboxylic acids is 1. The number of fused-ring (bicyclic) bond motifs is 1. The first-order chi connectivity index (χ1) is 13.1. The van der Waals surface area contributed by atoms with E-state index in [1.165, 1.54) is 19.3 Å². The van der Waals surface area contributed by atoms with E-state index in [4.69, 9.17) is 16.3 Å². The molecule has 0 radical (unpaired) electrons. The molecule has 1 heterocycles. The van der Waals surface area contributed by atoms with E-state index in [1.807, 2.05) is 36.4 Å². The van der Waals surface area contributed by atoms with Gasteiger partial charge in [0.1, 0.15) is 5.75 Å². The quantitative estimate of drug-likeness (QED) is 0.582. The first kappa shape index (κ1) is 17.9. The molecule has 4 nitrogen and oxygen atoms in total. The summed E-state index contributed by atoms with van der Waals surface area (Å²) in [5.74, 6) is -0.0598. The predicted molar refractivity (Wildman–Crippen MR) is 108 cm³/mol. The van der Waals surface area contributed by atoms with E-state index in [0.29, 0.717) is 5.02 Å². The Balaban J connectivity index is 1.76. The second kappa shape index (κ2) is 7.65. The number of H-pyrrole nitrogens is 1. The van der Waals surface area contributed by atoms with Crippen LogP contribution < -0.4 is 4.74 Å². The highest BCUT2D eigenvalue weighted by Gasteiger charge is 2.19. The SMILES string of the molecule is O=C(O)Cc1c(-c2cccc(Cl)c2)[nH]c2ccc(OC3CCCCC3)cc12. The second-order valence-electron chi connectivity index (χ2n) is 7.14. The third kappa shape index (κ3) is 3.96. The van der Waals surface area contributed by atoms with Gasteiger partial charge in [0.2, 0.25) is 0 Å². The summed E-state index contributed by atoms with van der Waals surface area (Å²) in [5.41, 5.74) is 3.33. The molecular weight excluding hydrogens is 362 g/mol. The summed E-state index contributed by atoms with van der Waals surface area (Å²) in [7, 11) is 0. The van der Waals surface area contributed by atoms with Crippen molar-refractivity contribution in [3.8, 4) is 17.0 Å². The summed E-state index contributed by atoms with van der Waals surface area (Å²) in [6.07, 6.45) is 6.06. The number of hydrogen-bond donors (Lipinski definition) is 2. The van der Waals surface area contributed by atoms with E-state index >= 15 is 0 Å². The third-order valence-corrected chi connectivity index (χ3v) is 5.41. The van der Waals surface area contributed by atoms with E-state index in [-0.39, 0.29) is 12.5 Å². The van der Waals surface area contributed by atoms with Gasteiger partial charge in [-0.25, -0.2) is 0 Å². The lowest BCUT2D eigenvalue weighted by Crippen LogP contribution is -2.19. The first-order valence-corrected chi connectivity index (χ1v) is 9.77. The van der Waals surface area contributed by atoms with Crippen LogP contribution in [0.1, 0.15) is 37.7 Å². The van der Waals surface area contributed by atoms with E-state index < -0.39 is 5.97 Å². The van der Waals surface area contributed by atoms with Gasteiger partial charge in [0.05, 0.1) is 18.2 Å². The molecule has 0 amide bonds. The van der Waals surface area contributed by atoms with Gasteiger partial charge in [0.25, 0.3) is 0 Å². The molecule has 27 heavy (non-hydrogen) atoms. The molecule has 1 saturated carbocycles. The molecule has 0 bridgehead atoms. The molecular formula is C22H22ClNO3. The van der Waals surface area contributed by atoms with Crippen molar-refractivity contribution in [3.05, 3.63) is 53.1 Å². The minimum atomic E-state index is -0.863. The van der Waals surface area contributed by atoms with Gasteiger partial charge < -0.3 is 14.8 Å². The molecule has 3 aromatic rings. The van der Waals surface area contributed by atoms with Crippen molar-refractivity contribution in [1.29, 1.82) is 0 Å². The van der Waals surface area contributed by atoms with E-state index in [1.54, 1.807) is 6.07 Å². The van der Waals surface area contributed by atoms with Crippen molar-refractivity contribution in [2.24, 2.45) is 0 Å². The summed E-state index contributed by atoms with van der Waals surface area (Å²) in [6.45, 7) is 0. The molecule has 1 aliphatic rings. The third-order valence-electron chi connectivity index (χ3n) is 5.17. The number of carbonyl (C=O) groups is 1. The summed E-state index contributed by atoms with van der Waals surface area (Å²) >= 11 is 6.13. The predicted octanol–water partition coefficient (Wildman–Crippen LogP) is 5.83. The zero-order valence-electron chi connectivity index (χ0n) is 15.0. The molecule has 1 aromatic heterocycles. The Bertz CT molecular complexity index is 973. The Labute approximate surface area is 163 Å². The van der Waals surface area contributed by atoms with E-state index in [0.717, 1.165) is 46.3 Å². The fraction of sp³-hybridized carbons (Fsp3) is 0.318. The van der Waals surface area contributed by atoms with Crippen LogP contribution in [0.25, 0.3) is 22.2 Å². The van der Waals surface area contributed by atoms with Gasteiger partial charge in [0, 0.05) is 15.9 Å². The molecule has 5 heteroatoms. The number of aromatic amines is 1. The topological polar surface area (TPSA) is 62.3 Å². The Kier molecular flexibility index (Phi) is 5.08. The largest absolute Gasteiger partial charge is 0.490 e. The maximum Gasteiger partial charge on any atom is 0.307 e. The van der Waals surface area contributed by atoms with Gasteiger partial charge in [-0.2, -0.15) is 0 Å². The Morgan fingerprint density at radius 3 is 2.70 bits per heavy atom. The molecule has 0 aliphatic heterocycles. The normalized spacial score (nSPS) is 15.1. The maximum absolute atomic E-state index is 11.5. The number of carboxylic acid groups (broad SMARTS) is 1. The fourth-order valence-corrected chi connectivity index (χ4v) is 4.09. The lowest BCUT2D eigenvalue weighted by atomic mass is 9.98. The number of halogens is 1. The van der Waals surface area contributed by atoms with Crippen LogP contribution in [-0.2, 0) is 11.2 Å². The van der Waals surface area contributed by atoms with Crippen LogP contribution in [0.15, 0.2) is 42.5 Å². The zero-order valence-corrected chi connectivity index (χ0v) is 15.8. The molecule has 1 fully saturated rings. The zero-order chi connectivity index (χ0) is 18.8. The average molecular weight is 384 g/mol. The Morgan fingerprint density at radius 2 is 1.96 bits per heavy atom. The number of nitrogens with one attached hydrogen (secondary N) is 1.